The number of nitrogens with zero attached hydrogens (tertiary/aromatic N) is 2. The third kappa shape index (κ3) is 2.86. The Hall–Kier alpha value is -2.63. The summed E-state index contributed by atoms with van der Waals surface area (Å²) < 4.78 is 5.27. The summed E-state index contributed by atoms with van der Waals surface area (Å²) in [7, 11) is 1.46. The number of carboxylic acids is 1. The zero-order valence-electron chi connectivity index (χ0n) is 12.7. The van der Waals surface area contributed by atoms with Gasteiger partial charge in [-0.3, -0.25) is 4.79 Å². The van der Waals surface area contributed by atoms with Crippen molar-refractivity contribution in [3.63, 3.8) is 0 Å². The van der Waals surface area contributed by atoms with E-state index in [1.54, 1.807) is 0 Å². The van der Waals surface area contributed by atoms with Crippen molar-refractivity contribution < 1.29 is 19.2 Å². The lowest BCUT2D eigenvalue weighted by atomic mass is 10.0. The van der Waals surface area contributed by atoms with E-state index in [2.05, 4.69) is 5.16 Å². The molecule has 0 aliphatic rings. The molecule has 22 heavy (non-hydrogen) atoms. The first-order valence-electron chi connectivity index (χ1n) is 7.01. The number of carboxylic acid groups (broad SMARTS) is 1. The lowest BCUT2D eigenvalue weighted by Crippen LogP contribution is -2.40. The maximum Gasteiger partial charge on any atom is 0.326 e. The van der Waals surface area contributed by atoms with Crippen LogP contribution in [0.4, 0.5) is 0 Å². The fourth-order valence-corrected chi connectivity index (χ4v) is 2.10. The Labute approximate surface area is 128 Å². The summed E-state index contributed by atoms with van der Waals surface area (Å²) in [6.45, 7) is 3.31. The van der Waals surface area contributed by atoms with Crippen LogP contribution in [0, 0.1) is 0 Å². The Morgan fingerprint density at radius 2 is 1.95 bits per heavy atom. The number of aryl methyl sites for hydroxylation is 1. The molecule has 0 saturated heterocycles. The van der Waals surface area contributed by atoms with Crippen molar-refractivity contribution in [3.05, 3.63) is 41.7 Å². The van der Waals surface area contributed by atoms with Gasteiger partial charge in [0.25, 0.3) is 5.91 Å². The molecule has 1 amide bonds. The maximum absolute atomic E-state index is 12.7. The molecule has 0 radical (unpaired) electrons. The third-order valence-electron chi connectivity index (χ3n) is 3.60. The van der Waals surface area contributed by atoms with Crippen LogP contribution in [0.25, 0.3) is 11.3 Å². The molecule has 0 fully saturated rings. The Morgan fingerprint density at radius 1 is 1.32 bits per heavy atom. The second-order valence-corrected chi connectivity index (χ2v) is 4.98. The van der Waals surface area contributed by atoms with Crippen molar-refractivity contribution in [1.29, 1.82) is 0 Å². The largest absolute Gasteiger partial charge is 0.480 e. The van der Waals surface area contributed by atoms with Crippen LogP contribution in [0.15, 0.2) is 34.9 Å². The fraction of sp³-hybridized carbons (Fsp3) is 0.312. The minimum absolute atomic E-state index is 0.323. The predicted octanol–water partition coefficient (Wildman–Crippen LogP) is 2.45. The summed E-state index contributed by atoms with van der Waals surface area (Å²) in [6, 6.07) is 8.27. The van der Waals surface area contributed by atoms with Gasteiger partial charge in [0.1, 0.15) is 23.1 Å². The molecular formula is C16H18N2O4. The molecular weight excluding hydrogens is 284 g/mol. The smallest absolute Gasteiger partial charge is 0.326 e. The number of carbonyl (C=O) groups excluding carboxylic acids is 1. The molecule has 1 heterocycles. The molecule has 6 heteroatoms. The Balaban J connectivity index is 2.48. The summed E-state index contributed by atoms with van der Waals surface area (Å²) >= 11 is 0. The second-order valence-electron chi connectivity index (χ2n) is 4.98. The molecule has 6 nitrogen and oxygen atoms in total. The highest BCUT2D eigenvalue weighted by Crippen LogP contribution is 2.27. The standard InChI is InChI=1S/C16H18N2O4/c1-4-12-13(15(19)18(3)10(2)16(20)21)14(17-22-12)11-8-6-5-7-9-11/h5-10H,4H2,1-3H3,(H,20,21). The average Bonchev–Trinajstić information content (AvgIpc) is 2.97. The first-order valence-corrected chi connectivity index (χ1v) is 7.01. The number of amides is 1. The third-order valence-corrected chi connectivity index (χ3v) is 3.60. The Bertz CT molecular complexity index is 679. The van der Waals surface area contributed by atoms with Gasteiger partial charge in [0, 0.05) is 19.0 Å². The maximum atomic E-state index is 12.7. The summed E-state index contributed by atoms with van der Waals surface area (Å²) in [5.41, 5.74) is 1.52. The number of carbonyl (C=O) groups is 2. The van der Waals surface area contributed by atoms with Crippen LogP contribution in [0.3, 0.4) is 0 Å². The van der Waals surface area contributed by atoms with Gasteiger partial charge in [-0.15, -0.1) is 0 Å². The molecule has 116 valence electrons. The summed E-state index contributed by atoms with van der Waals surface area (Å²) in [6.07, 6.45) is 0.496. The number of aromatic nitrogens is 1. The van der Waals surface area contributed by atoms with E-state index in [0.29, 0.717) is 23.4 Å². The fourth-order valence-electron chi connectivity index (χ4n) is 2.10. The van der Waals surface area contributed by atoms with Crippen LogP contribution < -0.4 is 0 Å². The minimum atomic E-state index is -1.06. The quantitative estimate of drug-likeness (QED) is 0.917. The Kier molecular flexibility index (Phi) is 4.60. The lowest BCUT2D eigenvalue weighted by molar-refractivity contribution is -0.141. The van der Waals surface area contributed by atoms with Crippen LogP contribution in [-0.2, 0) is 11.2 Å². The van der Waals surface area contributed by atoms with Crippen molar-refractivity contribution in [2.24, 2.45) is 0 Å². The molecule has 1 unspecified atom stereocenters. The zero-order valence-corrected chi connectivity index (χ0v) is 12.7. The van der Waals surface area contributed by atoms with Crippen molar-refractivity contribution in [2.45, 2.75) is 26.3 Å². The summed E-state index contributed by atoms with van der Waals surface area (Å²) in [4.78, 5) is 25.0. The van der Waals surface area contributed by atoms with Gasteiger partial charge in [0.15, 0.2) is 0 Å². The highest BCUT2D eigenvalue weighted by Gasteiger charge is 2.29. The van der Waals surface area contributed by atoms with Crippen LogP contribution in [0.1, 0.15) is 30.0 Å². The van der Waals surface area contributed by atoms with E-state index in [-0.39, 0.29) is 0 Å². The van der Waals surface area contributed by atoms with E-state index in [4.69, 9.17) is 9.63 Å². The topological polar surface area (TPSA) is 83.6 Å². The van der Waals surface area contributed by atoms with E-state index in [1.807, 2.05) is 37.3 Å². The molecule has 2 rings (SSSR count). The molecule has 2 aromatic rings. The average molecular weight is 302 g/mol. The first-order chi connectivity index (χ1) is 10.5. The molecule has 0 aliphatic heterocycles. The monoisotopic (exact) mass is 302 g/mol. The Morgan fingerprint density at radius 3 is 2.50 bits per heavy atom. The molecule has 1 aromatic heterocycles. The summed E-state index contributed by atoms with van der Waals surface area (Å²) in [5, 5.41) is 13.1. The van der Waals surface area contributed by atoms with Crippen molar-refractivity contribution in [3.8, 4) is 11.3 Å². The first kappa shape index (κ1) is 15.8. The predicted molar refractivity (Wildman–Crippen MR) is 80.5 cm³/mol. The van der Waals surface area contributed by atoms with Gasteiger partial charge in [-0.05, 0) is 6.92 Å². The number of hydrogen-bond acceptors (Lipinski definition) is 4. The van der Waals surface area contributed by atoms with E-state index >= 15 is 0 Å². The second kappa shape index (κ2) is 6.43. The van der Waals surface area contributed by atoms with Gasteiger partial charge in [-0.25, -0.2) is 4.79 Å². The normalized spacial score (nSPS) is 12.0. The molecule has 0 saturated carbocycles. The van der Waals surface area contributed by atoms with Crippen molar-refractivity contribution in [1.82, 2.24) is 10.1 Å². The number of rotatable bonds is 5. The van der Waals surface area contributed by atoms with E-state index in [0.717, 1.165) is 5.56 Å². The van der Waals surface area contributed by atoms with Gasteiger partial charge in [-0.2, -0.15) is 0 Å². The molecule has 0 aliphatic carbocycles. The van der Waals surface area contributed by atoms with Gasteiger partial charge in [0.05, 0.1) is 0 Å². The number of benzene rings is 1. The van der Waals surface area contributed by atoms with Crippen molar-refractivity contribution >= 4 is 11.9 Å². The lowest BCUT2D eigenvalue weighted by Gasteiger charge is -2.21. The number of likely N-dealkylation sites (N-methyl/N-ethyl adjacent to an activating group) is 1. The van der Waals surface area contributed by atoms with E-state index < -0.39 is 17.9 Å². The van der Waals surface area contributed by atoms with Crippen LogP contribution >= 0.6 is 0 Å². The molecule has 0 spiro atoms. The van der Waals surface area contributed by atoms with Crippen LogP contribution in [0.5, 0.6) is 0 Å². The SMILES string of the molecule is CCc1onc(-c2ccccc2)c1C(=O)N(C)C(C)C(=O)O. The molecule has 1 atom stereocenters. The van der Waals surface area contributed by atoms with Gasteiger partial charge < -0.3 is 14.5 Å². The highest BCUT2D eigenvalue weighted by molar-refractivity contribution is 6.02. The van der Waals surface area contributed by atoms with Crippen LogP contribution in [0.2, 0.25) is 0 Å². The van der Waals surface area contributed by atoms with E-state index in [1.165, 1.54) is 18.9 Å². The van der Waals surface area contributed by atoms with Gasteiger partial charge in [-0.1, -0.05) is 42.4 Å². The number of hydrogen-bond donors (Lipinski definition) is 1. The van der Waals surface area contributed by atoms with Gasteiger partial charge in [0.2, 0.25) is 0 Å². The van der Waals surface area contributed by atoms with Crippen molar-refractivity contribution in [2.75, 3.05) is 7.05 Å². The molecule has 1 aromatic carbocycles. The molecule has 1 N–H and O–H groups in total. The molecule has 0 bridgehead atoms. The van der Waals surface area contributed by atoms with Crippen LogP contribution in [-0.4, -0.2) is 40.1 Å². The minimum Gasteiger partial charge on any atom is -0.480 e. The zero-order chi connectivity index (χ0) is 16.3. The highest BCUT2D eigenvalue weighted by atomic mass is 16.5. The van der Waals surface area contributed by atoms with E-state index in [9.17, 15) is 9.59 Å². The number of aliphatic carboxylic acids is 1. The summed E-state index contributed by atoms with van der Waals surface area (Å²) in [5.74, 6) is -1.02. The van der Waals surface area contributed by atoms with Gasteiger partial charge >= 0.3 is 5.97 Å².